The van der Waals surface area contributed by atoms with Crippen molar-refractivity contribution in [2.24, 2.45) is 0 Å². The van der Waals surface area contributed by atoms with Crippen LogP contribution in [0.5, 0.6) is 5.75 Å². The third-order valence-corrected chi connectivity index (χ3v) is 4.54. The van der Waals surface area contributed by atoms with Crippen LogP contribution in [0.25, 0.3) is 16.6 Å². The summed E-state index contributed by atoms with van der Waals surface area (Å²) in [4.78, 5) is 8.86. The van der Waals surface area contributed by atoms with E-state index in [1.54, 1.807) is 25.3 Å². The first-order valence-electron chi connectivity index (χ1n) is 8.28. The van der Waals surface area contributed by atoms with Crippen molar-refractivity contribution in [3.8, 4) is 5.75 Å². The highest BCUT2D eigenvalue weighted by molar-refractivity contribution is 6.30. The molecule has 0 saturated carbocycles. The maximum Gasteiger partial charge on any atom is 0.416 e. The molecule has 2 aromatic carbocycles. The molecule has 2 heterocycles. The van der Waals surface area contributed by atoms with Crippen LogP contribution in [0, 0.1) is 5.41 Å². The molecule has 3 aromatic rings. The quantitative estimate of drug-likeness (QED) is 0.623. The summed E-state index contributed by atoms with van der Waals surface area (Å²) in [6.07, 6.45) is -4.43. The van der Waals surface area contributed by atoms with Crippen molar-refractivity contribution in [1.82, 2.24) is 9.97 Å². The molecule has 1 aliphatic rings. The number of aromatic nitrogens is 2. The van der Waals surface area contributed by atoms with Crippen LogP contribution in [0.3, 0.4) is 0 Å². The van der Waals surface area contributed by atoms with E-state index in [0.717, 1.165) is 12.1 Å². The average Bonchev–Trinajstić information content (AvgIpc) is 3.20. The highest BCUT2D eigenvalue weighted by Gasteiger charge is 2.33. The number of amidine groups is 1. The third kappa shape index (κ3) is 2.94. The van der Waals surface area contributed by atoms with Crippen LogP contribution in [0.2, 0.25) is 0 Å². The van der Waals surface area contributed by atoms with Gasteiger partial charge < -0.3 is 19.7 Å². The lowest BCUT2D eigenvalue weighted by Gasteiger charge is -2.19. The minimum atomic E-state index is -4.43. The monoisotopic (exact) mass is 388 g/mol. The van der Waals surface area contributed by atoms with Crippen LogP contribution in [0.15, 0.2) is 48.2 Å². The summed E-state index contributed by atoms with van der Waals surface area (Å²) in [6.45, 7) is -0.0279. The Morgan fingerprint density at radius 2 is 1.89 bits per heavy atom. The van der Waals surface area contributed by atoms with Crippen LogP contribution in [-0.2, 0) is 6.18 Å². The molecule has 3 N–H and O–H groups in total. The molecule has 1 aromatic heterocycles. The normalized spacial score (nSPS) is 15.0. The van der Waals surface area contributed by atoms with Crippen LogP contribution in [-0.4, -0.2) is 34.6 Å². The molecule has 0 radical (unpaired) electrons. The van der Waals surface area contributed by atoms with Gasteiger partial charge in [-0.05, 0) is 36.4 Å². The number of hydrogen-bond acceptors (Lipinski definition) is 4. The zero-order valence-corrected chi connectivity index (χ0v) is 14.6. The lowest BCUT2D eigenvalue weighted by atomic mass is 10.2. The molecule has 0 bridgehead atoms. The number of hydrogen-bond donors (Lipinski definition) is 3. The molecule has 28 heavy (non-hydrogen) atoms. The Morgan fingerprint density at radius 1 is 1.18 bits per heavy atom. The number of aliphatic hydroxyl groups excluding tert-OH is 1. The molecule has 0 spiro atoms. The summed E-state index contributed by atoms with van der Waals surface area (Å²) in [5, 5.41) is 18.8. The van der Waals surface area contributed by atoms with E-state index >= 15 is 0 Å². The summed E-state index contributed by atoms with van der Waals surface area (Å²) in [5.41, 5.74) is 1.12. The number of nitrogens with zero attached hydrogens (tertiary/aromatic N) is 2. The Hall–Kier alpha value is -3.49. The van der Waals surface area contributed by atoms with E-state index in [1.807, 2.05) is 0 Å². The molecule has 144 valence electrons. The zero-order chi connectivity index (χ0) is 20.1. The second-order valence-corrected chi connectivity index (χ2v) is 6.27. The number of halogens is 3. The molecule has 0 amide bonds. The van der Waals surface area contributed by atoms with Crippen molar-refractivity contribution in [3.05, 3.63) is 59.6 Å². The lowest BCUT2D eigenvalue weighted by molar-refractivity contribution is -0.137. The number of imidazole rings is 1. The number of nitrogens with one attached hydrogen (secondary N) is 2. The zero-order valence-electron chi connectivity index (χ0n) is 14.6. The highest BCUT2D eigenvalue weighted by atomic mass is 19.4. The van der Waals surface area contributed by atoms with E-state index < -0.39 is 11.7 Å². The van der Waals surface area contributed by atoms with Crippen molar-refractivity contribution in [1.29, 1.82) is 5.41 Å². The van der Waals surface area contributed by atoms with Crippen LogP contribution < -0.4 is 9.64 Å². The van der Waals surface area contributed by atoms with Crippen molar-refractivity contribution in [3.63, 3.8) is 0 Å². The van der Waals surface area contributed by atoms with Gasteiger partial charge in [0.05, 0.1) is 35.8 Å². The van der Waals surface area contributed by atoms with Crippen LogP contribution >= 0.6 is 0 Å². The van der Waals surface area contributed by atoms with Gasteiger partial charge in [-0.25, -0.2) is 4.98 Å². The first-order valence-corrected chi connectivity index (χ1v) is 8.28. The minimum absolute atomic E-state index is 0.0279. The number of ether oxygens (including phenoxy) is 1. The van der Waals surface area contributed by atoms with Gasteiger partial charge in [-0.15, -0.1) is 0 Å². The van der Waals surface area contributed by atoms with E-state index in [0.29, 0.717) is 28.3 Å². The summed E-state index contributed by atoms with van der Waals surface area (Å²) >= 11 is 0. The SMILES string of the molecule is COc1ccc2nc(C3=C(O)CN(c4ccc(C(F)(F)F)cc4)C3=N)[nH]c2c1. The van der Waals surface area contributed by atoms with Gasteiger partial charge in [0.15, 0.2) is 0 Å². The number of fused-ring (bicyclic) bond motifs is 1. The fourth-order valence-electron chi connectivity index (χ4n) is 3.11. The molecule has 0 aliphatic carbocycles. The molecule has 4 rings (SSSR count). The first kappa shape index (κ1) is 17.9. The van der Waals surface area contributed by atoms with Gasteiger partial charge in [-0.3, -0.25) is 5.41 Å². The number of rotatable bonds is 3. The smallest absolute Gasteiger partial charge is 0.416 e. The molecule has 0 atom stereocenters. The molecule has 0 fully saturated rings. The molecular weight excluding hydrogens is 373 g/mol. The number of anilines is 1. The first-order chi connectivity index (χ1) is 13.3. The van der Waals surface area contributed by atoms with Gasteiger partial charge in [0.25, 0.3) is 0 Å². The van der Waals surface area contributed by atoms with Crippen LogP contribution in [0.1, 0.15) is 11.4 Å². The number of benzene rings is 2. The summed E-state index contributed by atoms with van der Waals surface area (Å²) < 4.78 is 43.4. The third-order valence-electron chi connectivity index (χ3n) is 4.54. The second-order valence-electron chi connectivity index (χ2n) is 6.27. The molecule has 6 nitrogen and oxygen atoms in total. The maximum atomic E-state index is 12.7. The largest absolute Gasteiger partial charge is 0.509 e. The maximum absolute atomic E-state index is 12.7. The van der Waals surface area contributed by atoms with Gasteiger partial charge >= 0.3 is 6.18 Å². The standard InChI is InChI=1S/C19H15F3N4O2/c1-28-12-6-7-13-14(8-12)25-18(24-13)16-15(27)9-26(17(16)23)11-4-2-10(3-5-11)19(20,21)22/h2-8,23,27H,9H2,1H3,(H,24,25). The van der Waals surface area contributed by atoms with Gasteiger partial charge in [-0.1, -0.05) is 0 Å². The van der Waals surface area contributed by atoms with Gasteiger partial charge in [0, 0.05) is 11.8 Å². The number of alkyl halides is 3. The van der Waals surface area contributed by atoms with E-state index in [1.165, 1.54) is 17.0 Å². The Bertz CT molecular complexity index is 1100. The van der Waals surface area contributed by atoms with Crippen molar-refractivity contribution >= 4 is 28.1 Å². The second kappa shape index (κ2) is 6.29. The van der Waals surface area contributed by atoms with E-state index in [-0.39, 0.29) is 23.7 Å². The topological polar surface area (TPSA) is 85.2 Å². The summed E-state index contributed by atoms with van der Waals surface area (Å²) in [5.74, 6) is 0.799. The lowest BCUT2D eigenvalue weighted by Crippen LogP contribution is -2.26. The fourth-order valence-corrected chi connectivity index (χ4v) is 3.11. The van der Waals surface area contributed by atoms with Gasteiger partial charge in [0.2, 0.25) is 0 Å². The average molecular weight is 388 g/mol. The van der Waals surface area contributed by atoms with Crippen molar-refractivity contribution in [2.75, 3.05) is 18.6 Å². The van der Waals surface area contributed by atoms with Crippen molar-refractivity contribution in [2.45, 2.75) is 6.18 Å². The number of H-pyrrole nitrogens is 1. The van der Waals surface area contributed by atoms with Crippen molar-refractivity contribution < 1.29 is 23.0 Å². The van der Waals surface area contributed by atoms with E-state index in [4.69, 9.17) is 10.1 Å². The summed E-state index contributed by atoms with van der Waals surface area (Å²) in [7, 11) is 1.54. The van der Waals surface area contributed by atoms with Crippen LogP contribution in [0.4, 0.5) is 18.9 Å². The Kier molecular flexibility index (Phi) is 4.02. The predicted molar refractivity (Wildman–Crippen MR) is 98.7 cm³/mol. The molecular formula is C19H15F3N4O2. The van der Waals surface area contributed by atoms with E-state index in [9.17, 15) is 18.3 Å². The number of methoxy groups -OCH3 is 1. The fraction of sp³-hybridized carbons (Fsp3) is 0.158. The number of aromatic amines is 1. The minimum Gasteiger partial charge on any atom is -0.509 e. The Labute approximate surface area is 157 Å². The highest BCUT2D eigenvalue weighted by Crippen LogP contribution is 2.34. The van der Waals surface area contributed by atoms with Gasteiger partial charge in [-0.2, -0.15) is 13.2 Å². The Morgan fingerprint density at radius 3 is 2.54 bits per heavy atom. The Balaban J connectivity index is 1.65. The molecule has 0 saturated heterocycles. The molecule has 0 unspecified atom stereocenters. The molecule has 1 aliphatic heterocycles. The molecule has 9 heteroatoms. The predicted octanol–water partition coefficient (Wildman–Crippen LogP) is 4.36. The summed E-state index contributed by atoms with van der Waals surface area (Å²) in [6, 6.07) is 9.69. The van der Waals surface area contributed by atoms with E-state index in [2.05, 4.69) is 9.97 Å². The number of aliphatic hydroxyl groups is 1. The van der Waals surface area contributed by atoms with Gasteiger partial charge in [0.1, 0.15) is 23.2 Å².